The molecule has 1 amide bonds. The van der Waals surface area contributed by atoms with Crippen LogP contribution in [-0.2, 0) is 4.79 Å². The van der Waals surface area contributed by atoms with E-state index in [0.717, 1.165) is 44.8 Å². The number of nitrogens with one attached hydrogen (secondary N) is 3. The van der Waals surface area contributed by atoms with Crippen molar-refractivity contribution in [3.05, 3.63) is 17.7 Å². The van der Waals surface area contributed by atoms with Crippen LogP contribution in [0.3, 0.4) is 0 Å². The normalized spacial score (nSPS) is 19.1. The van der Waals surface area contributed by atoms with Crippen LogP contribution in [0.2, 0.25) is 0 Å². The third-order valence-corrected chi connectivity index (χ3v) is 6.14. The van der Waals surface area contributed by atoms with E-state index < -0.39 is 0 Å². The number of pyridine rings is 1. The molecule has 2 aliphatic heterocycles. The van der Waals surface area contributed by atoms with Crippen molar-refractivity contribution >= 4 is 23.3 Å². The summed E-state index contributed by atoms with van der Waals surface area (Å²) in [7, 11) is 1.80. The zero-order valence-electron chi connectivity index (χ0n) is 18.1. The molecular formula is C22H36N6O. The van der Waals surface area contributed by atoms with Gasteiger partial charge >= 0.3 is 0 Å². The topological polar surface area (TPSA) is 84.4 Å². The van der Waals surface area contributed by atoms with E-state index in [2.05, 4.69) is 34.3 Å². The molecule has 0 unspecified atom stereocenters. The minimum atomic E-state index is -0.311. The molecule has 2 fully saturated rings. The lowest BCUT2D eigenvalue weighted by Gasteiger charge is -2.34. The van der Waals surface area contributed by atoms with Gasteiger partial charge in [-0.3, -0.25) is 10.2 Å². The Bertz CT molecular complexity index is 703. The maximum absolute atomic E-state index is 12.7. The van der Waals surface area contributed by atoms with Crippen molar-refractivity contribution in [2.24, 2.45) is 0 Å². The summed E-state index contributed by atoms with van der Waals surface area (Å²) in [5.41, 5.74) is 0.541. The molecule has 0 aliphatic carbocycles. The molecule has 0 aromatic carbocycles. The van der Waals surface area contributed by atoms with E-state index in [4.69, 9.17) is 10.4 Å². The second-order valence-corrected chi connectivity index (χ2v) is 8.47. The summed E-state index contributed by atoms with van der Waals surface area (Å²) in [4.78, 5) is 22.2. The average molecular weight is 401 g/mol. The Balaban J connectivity index is 1.64. The van der Waals surface area contributed by atoms with Gasteiger partial charge in [-0.05, 0) is 51.7 Å². The van der Waals surface area contributed by atoms with Crippen molar-refractivity contribution in [3.8, 4) is 0 Å². The van der Waals surface area contributed by atoms with E-state index in [-0.39, 0.29) is 17.7 Å². The predicted octanol–water partition coefficient (Wildman–Crippen LogP) is 2.86. The number of carbonyl (C=O) groups excluding carboxylic acids is 1. The quantitative estimate of drug-likeness (QED) is 0.640. The molecule has 3 heterocycles. The third kappa shape index (κ3) is 5.47. The van der Waals surface area contributed by atoms with Crippen LogP contribution >= 0.6 is 0 Å². The van der Waals surface area contributed by atoms with E-state index in [1.54, 1.807) is 7.05 Å². The van der Waals surface area contributed by atoms with Gasteiger partial charge in [0.15, 0.2) is 0 Å². The first-order valence-electron chi connectivity index (χ1n) is 11.1. The molecule has 3 N–H and O–H groups in total. The Hall–Kier alpha value is -2.15. The number of nitrogens with zero attached hydrogens (tertiary/aromatic N) is 3. The van der Waals surface area contributed by atoms with Crippen molar-refractivity contribution in [1.82, 2.24) is 15.2 Å². The zero-order valence-corrected chi connectivity index (χ0v) is 18.1. The number of rotatable bonds is 6. The summed E-state index contributed by atoms with van der Waals surface area (Å²) < 4.78 is 0. The first-order valence-corrected chi connectivity index (χ1v) is 11.1. The van der Waals surface area contributed by atoms with Gasteiger partial charge in [0.05, 0.1) is 0 Å². The van der Waals surface area contributed by atoms with Crippen molar-refractivity contribution < 1.29 is 4.79 Å². The maximum Gasteiger partial charge on any atom is 0.270 e. The Morgan fingerprint density at radius 3 is 2.34 bits per heavy atom. The summed E-state index contributed by atoms with van der Waals surface area (Å²) in [6.07, 6.45) is 6.78. The molecule has 0 atom stereocenters. The highest BCUT2D eigenvalue weighted by atomic mass is 16.1. The Kier molecular flexibility index (Phi) is 7.47. The SMILES string of the molecule is CNc1nc(N2CCCCCC2)ccc1C(=N)C(=O)NC1CCN(C(C)C)CC1. The van der Waals surface area contributed by atoms with Crippen LogP contribution < -0.4 is 15.5 Å². The van der Waals surface area contributed by atoms with Crippen LogP contribution in [0.25, 0.3) is 0 Å². The van der Waals surface area contributed by atoms with E-state index >= 15 is 0 Å². The monoisotopic (exact) mass is 400 g/mol. The molecule has 7 nitrogen and oxygen atoms in total. The highest BCUT2D eigenvalue weighted by Gasteiger charge is 2.25. The molecule has 0 bridgehead atoms. The van der Waals surface area contributed by atoms with Gasteiger partial charge in [0, 0.05) is 50.9 Å². The van der Waals surface area contributed by atoms with Crippen LogP contribution in [0.1, 0.15) is 57.9 Å². The van der Waals surface area contributed by atoms with E-state index in [9.17, 15) is 4.79 Å². The smallest absolute Gasteiger partial charge is 0.270 e. The Labute approximate surface area is 174 Å². The van der Waals surface area contributed by atoms with Gasteiger partial charge in [0.25, 0.3) is 5.91 Å². The highest BCUT2D eigenvalue weighted by Crippen LogP contribution is 2.22. The summed E-state index contributed by atoms with van der Waals surface area (Å²) in [5.74, 6) is 1.21. The number of hydrogen-bond acceptors (Lipinski definition) is 6. The molecule has 2 aliphatic rings. The fourth-order valence-corrected chi connectivity index (χ4v) is 4.26. The first kappa shape index (κ1) is 21.6. The standard InChI is InChI=1S/C22H36N6O/c1-16(2)27-14-10-17(11-15-27)25-22(29)20(23)18-8-9-19(26-21(18)24-3)28-12-6-4-5-7-13-28/h8-9,16-17,23H,4-7,10-15H2,1-3H3,(H,24,26)(H,25,29). The van der Waals surface area contributed by atoms with Gasteiger partial charge in [-0.25, -0.2) is 4.98 Å². The van der Waals surface area contributed by atoms with Gasteiger partial charge in [-0.15, -0.1) is 0 Å². The molecule has 1 aromatic heterocycles. The number of likely N-dealkylation sites (tertiary alicyclic amines) is 1. The van der Waals surface area contributed by atoms with Gasteiger partial charge in [-0.2, -0.15) is 0 Å². The molecule has 3 rings (SSSR count). The van der Waals surface area contributed by atoms with E-state index in [1.807, 2.05) is 12.1 Å². The van der Waals surface area contributed by atoms with E-state index in [1.165, 1.54) is 25.7 Å². The fraction of sp³-hybridized carbons (Fsp3) is 0.682. The second-order valence-electron chi connectivity index (χ2n) is 8.47. The molecule has 1 aromatic rings. The average Bonchev–Trinajstić information content (AvgIpc) is 3.02. The molecular weight excluding hydrogens is 364 g/mol. The van der Waals surface area contributed by atoms with Crippen molar-refractivity contribution in [2.75, 3.05) is 43.4 Å². The van der Waals surface area contributed by atoms with Crippen LogP contribution in [0.4, 0.5) is 11.6 Å². The molecule has 7 heteroatoms. The lowest BCUT2D eigenvalue weighted by molar-refractivity contribution is -0.115. The Morgan fingerprint density at radius 2 is 1.76 bits per heavy atom. The van der Waals surface area contributed by atoms with Crippen LogP contribution in [0.5, 0.6) is 0 Å². The van der Waals surface area contributed by atoms with Crippen LogP contribution in [0.15, 0.2) is 12.1 Å². The van der Waals surface area contributed by atoms with Crippen LogP contribution in [0, 0.1) is 5.41 Å². The minimum Gasteiger partial charge on any atom is -0.373 e. The number of anilines is 2. The number of piperidine rings is 1. The number of hydrogen-bond donors (Lipinski definition) is 3. The molecule has 2 saturated heterocycles. The number of aromatic nitrogens is 1. The maximum atomic E-state index is 12.7. The largest absolute Gasteiger partial charge is 0.373 e. The third-order valence-electron chi connectivity index (χ3n) is 6.14. The number of amides is 1. The van der Waals surface area contributed by atoms with E-state index in [0.29, 0.717) is 17.4 Å². The molecule has 0 spiro atoms. The van der Waals surface area contributed by atoms with Crippen molar-refractivity contribution in [1.29, 1.82) is 5.41 Å². The second kappa shape index (κ2) is 10.1. The van der Waals surface area contributed by atoms with Gasteiger partial charge in [-0.1, -0.05) is 12.8 Å². The summed E-state index contributed by atoms with van der Waals surface area (Å²) in [5, 5.41) is 14.6. The molecule has 0 saturated carbocycles. The predicted molar refractivity (Wildman–Crippen MR) is 119 cm³/mol. The van der Waals surface area contributed by atoms with Gasteiger partial charge in [0.1, 0.15) is 17.3 Å². The van der Waals surface area contributed by atoms with Gasteiger partial charge < -0.3 is 20.4 Å². The summed E-state index contributed by atoms with van der Waals surface area (Å²) in [6, 6.07) is 4.49. The molecule has 160 valence electrons. The Morgan fingerprint density at radius 1 is 1.10 bits per heavy atom. The summed E-state index contributed by atoms with van der Waals surface area (Å²) >= 11 is 0. The molecule has 0 radical (unpaired) electrons. The number of carbonyl (C=O) groups is 1. The van der Waals surface area contributed by atoms with Crippen molar-refractivity contribution in [3.63, 3.8) is 0 Å². The first-order chi connectivity index (χ1) is 14.0. The lowest BCUT2D eigenvalue weighted by Crippen LogP contribution is -2.48. The van der Waals surface area contributed by atoms with Gasteiger partial charge in [0.2, 0.25) is 0 Å². The molecule has 29 heavy (non-hydrogen) atoms. The van der Waals surface area contributed by atoms with Crippen molar-refractivity contribution in [2.45, 2.75) is 64.5 Å². The zero-order chi connectivity index (χ0) is 20.8. The minimum absolute atomic E-state index is 0.0180. The van der Waals surface area contributed by atoms with Crippen LogP contribution in [-0.4, -0.2) is 66.8 Å². The fourth-order valence-electron chi connectivity index (χ4n) is 4.26. The lowest BCUT2D eigenvalue weighted by atomic mass is 10.0. The highest BCUT2D eigenvalue weighted by molar-refractivity contribution is 6.45. The summed E-state index contributed by atoms with van der Waals surface area (Å²) in [6.45, 7) is 8.42.